The molecular formula is C8H9NO. The summed E-state index contributed by atoms with van der Waals surface area (Å²) >= 11 is 0. The number of rotatable bonds is 3. The van der Waals surface area contributed by atoms with Gasteiger partial charge in [-0.05, 0) is 12.5 Å². The molecule has 0 unspecified atom stereocenters. The van der Waals surface area contributed by atoms with Gasteiger partial charge < -0.3 is 4.42 Å². The van der Waals surface area contributed by atoms with Crippen LogP contribution < -0.4 is 0 Å². The smallest absolute Gasteiger partial charge is 0.218 e. The summed E-state index contributed by atoms with van der Waals surface area (Å²) < 4.78 is 4.95. The van der Waals surface area contributed by atoms with Crippen molar-refractivity contribution in [3.63, 3.8) is 0 Å². The zero-order valence-electron chi connectivity index (χ0n) is 5.66. The summed E-state index contributed by atoms with van der Waals surface area (Å²) in [6.07, 6.45) is 9.60. The molecule has 10 heavy (non-hydrogen) atoms. The minimum atomic E-state index is 0.641. The SMILES string of the molecule is C=CC/C=C/c1ncco1. The van der Waals surface area contributed by atoms with E-state index in [0.29, 0.717) is 5.89 Å². The Morgan fingerprint density at radius 2 is 2.60 bits per heavy atom. The summed E-state index contributed by atoms with van der Waals surface area (Å²) in [4.78, 5) is 3.90. The maximum absolute atomic E-state index is 4.95. The van der Waals surface area contributed by atoms with Gasteiger partial charge in [0.1, 0.15) is 6.26 Å². The Balaban J connectivity index is 2.47. The van der Waals surface area contributed by atoms with E-state index in [-0.39, 0.29) is 0 Å². The van der Waals surface area contributed by atoms with Gasteiger partial charge in [-0.2, -0.15) is 0 Å². The van der Waals surface area contributed by atoms with Gasteiger partial charge in [0, 0.05) is 0 Å². The Bertz CT molecular complexity index is 211. The monoisotopic (exact) mass is 135 g/mol. The Morgan fingerprint density at radius 1 is 1.70 bits per heavy atom. The molecule has 0 fully saturated rings. The summed E-state index contributed by atoms with van der Waals surface area (Å²) in [6, 6.07) is 0. The maximum Gasteiger partial charge on any atom is 0.218 e. The molecule has 1 aromatic rings. The number of oxazole rings is 1. The van der Waals surface area contributed by atoms with Crippen LogP contribution in [-0.4, -0.2) is 4.98 Å². The minimum absolute atomic E-state index is 0.641. The fourth-order valence-electron chi connectivity index (χ4n) is 0.582. The summed E-state index contributed by atoms with van der Waals surface area (Å²) in [5.74, 6) is 0.641. The molecule has 1 heterocycles. The third kappa shape index (κ3) is 1.90. The first kappa shape index (κ1) is 6.81. The second-order valence-electron chi connectivity index (χ2n) is 1.80. The Hall–Kier alpha value is -1.31. The molecular weight excluding hydrogens is 126 g/mol. The lowest BCUT2D eigenvalue weighted by Gasteiger charge is -1.79. The normalized spacial score (nSPS) is 10.4. The Kier molecular flexibility index (Phi) is 2.49. The molecule has 0 N–H and O–H groups in total. The van der Waals surface area contributed by atoms with Crippen molar-refractivity contribution in [2.75, 3.05) is 0 Å². The Labute approximate surface area is 59.9 Å². The molecule has 0 aliphatic rings. The van der Waals surface area contributed by atoms with E-state index in [1.165, 1.54) is 0 Å². The van der Waals surface area contributed by atoms with Gasteiger partial charge in [-0.3, -0.25) is 0 Å². The third-order valence-corrected chi connectivity index (χ3v) is 1.01. The first-order valence-corrected chi connectivity index (χ1v) is 3.10. The van der Waals surface area contributed by atoms with Gasteiger partial charge in [0.15, 0.2) is 0 Å². The van der Waals surface area contributed by atoms with Crippen molar-refractivity contribution in [3.8, 4) is 0 Å². The zero-order chi connectivity index (χ0) is 7.23. The Morgan fingerprint density at radius 3 is 3.20 bits per heavy atom. The van der Waals surface area contributed by atoms with Crippen LogP contribution in [0, 0.1) is 0 Å². The molecule has 2 nitrogen and oxygen atoms in total. The molecule has 1 rings (SSSR count). The zero-order valence-corrected chi connectivity index (χ0v) is 5.66. The molecule has 2 heteroatoms. The number of hydrogen-bond donors (Lipinski definition) is 0. The van der Waals surface area contributed by atoms with E-state index in [1.807, 2.05) is 18.2 Å². The van der Waals surface area contributed by atoms with Gasteiger partial charge in [0.25, 0.3) is 0 Å². The predicted octanol–water partition coefficient (Wildman–Crippen LogP) is 2.26. The molecule has 0 aliphatic carbocycles. The lowest BCUT2D eigenvalue weighted by molar-refractivity contribution is 0.546. The van der Waals surface area contributed by atoms with Crippen LogP contribution in [0.1, 0.15) is 12.3 Å². The average Bonchev–Trinajstić information content (AvgIpc) is 2.41. The lowest BCUT2D eigenvalue weighted by atomic mass is 10.4. The van der Waals surface area contributed by atoms with Gasteiger partial charge in [-0.25, -0.2) is 4.98 Å². The topological polar surface area (TPSA) is 26.0 Å². The van der Waals surface area contributed by atoms with Gasteiger partial charge in [0.05, 0.1) is 6.20 Å². The van der Waals surface area contributed by atoms with Crippen LogP contribution in [0.2, 0.25) is 0 Å². The molecule has 0 bridgehead atoms. The summed E-state index contributed by atoms with van der Waals surface area (Å²) in [5, 5.41) is 0. The molecule has 0 aliphatic heterocycles. The van der Waals surface area contributed by atoms with E-state index in [0.717, 1.165) is 6.42 Å². The van der Waals surface area contributed by atoms with Crippen LogP contribution in [0.5, 0.6) is 0 Å². The van der Waals surface area contributed by atoms with Crippen molar-refractivity contribution in [1.82, 2.24) is 4.98 Å². The highest BCUT2D eigenvalue weighted by Crippen LogP contribution is 1.97. The van der Waals surface area contributed by atoms with Crippen LogP contribution in [0.15, 0.2) is 35.6 Å². The van der Waals surface area contributed by atoms with Gasteiger partial charge in [0.2, 0.25) is 5.89 Å². The predicted molar refractivity (Wildman–Crippen MR) is 40.4 cm³/mol. The van der Waals surface area contributed by atoms with Gasteiger partial charge >= 0.3 is 0 Å². The second kappa shape index (κ2) is 3.67. The minimum Gasteiger partial charge on any atom is -0.445 e. The molecule has 52 valence electrons. The summed E-state index contributed by atoms with van der Waals surface area (Å²) in [7, 11) is 0. The van der Waals surface area contributed by atoms with E-state index in [4.69, 9.17) is 4.42 Å². The third-order valence-electron chi connectivity index (χ3n) is 1.01. The van der Waals surface area contributed by atoms with Crippen LogP contribution in [0.3, 0.4) is 0 Å². The van der Waals surface area contributed by atoms with E-state index in [1.54, 1.807) is 12.5 Å². The van der Waals surface area contributed by atoms with E-state index in [2.05, 4.69) is 11.6 Å². The number of hydrogen-bond acceptors (Lipinski definition) is 2. The highest BCUT2D eigenvalue weighted by Gasteiger charge is 1.85. The fraction of sp³-hybridized carbons (Fsp3) is 0.125. The first-order chi connectivity index (χ1) is 4.93. The number of nitrogens with zero attached hydrogens (tertiary/aromatic N) is 1. The van der Waals surface area contributed by atoms with Crippen molar-refractivity contribution in [2.24, 2.45) is 0 Å². The standard InChI is InChI=1S/C8H9NO/c1-2-3-4-5-8-9-6-7-10-8/h2,4-7H,1,3H2/b5-4+. The van der Waals surface area contributed by atoms with E-state index in [9.17, 15) is 0 Å². The molecule has 0 aromatic carbocycles. The molecule has 0 spiro atoms. The van der Waals surface area contributed by atoms with Gasteiger partial charge in [-0.1, -0.05) is 12.2 Å². The molecule has 0 atom stereocenters. The first-order valence-electron chi connectivity index (χ1n) is 3.10. The number of allylic oxidation sites excluding steroid dienone is 2. The van der Waals surface area contributed by atoms with Crippen LogP contribution in [0.25, 0.3) is 6.08 Å². The number of aromatic nitrogens is 1. The van der Waals surface area contributed by atoms with Crippen molar-refractivity contribution in [2.45, 2.75) is 6.42 Å². The van der Waals surface area contributed by atoms with E-state index >= 15 is 0 Å². The molecule has 1 aromatic heterocycles. The highest BCUT2D eigenvalue weighted by atomic mass is 16.3. The maximum atomic E-state index is 4.95. The second-order valence-corrected chi connectivity index (χ2v) is 1.80. The van der Waals surface area contributed by atoms with Gasteiger partial charge in [-0.15, -0.1) is 6.58 Å². The molecule has 0 saturated heterocycles. The molecule has 0 amide bonds. The molecule has 0 radical (unpaired) electrons. The summed E-state index contributed by atoms with van der Waals surface area (Å²) in [5.41, 5.74) is 0. The van der Waals surface area contributed by atoms with Crippen molar-refractivity contribution in [3.05, 3.63) is 37.1 Å². The van der Waals surface area contributed by atoms with Crippen LogP contribution >= 0.6 is 0 Å². The highest BCUT2D eigenvalue weighted by molar-refractivity contribution is 5.37. The van der Waals surface area contributed by atoms with Crippen LogP contribution in [-0.2, 0) is 0 Å². The average molecular weight is 135 g/mol. The fourth-order valence-corrected chi connectivity index (χ4v) is 0.582. The summed E-state index contributed by atoms with van der Waals surface area (Å²) in [6.45, 7) is 3.58. The van der Waals surface area contributed by atoms with Crippen molar-refractivity contribution in [1.29, 1.82) is 0 Å². The van der Waals surface area contributed by atoms with Crippen molar-refractivity contribution >= 4 is 6.08 Å². The van der Waals surface area contributed by atoms with Crippen molar-refractivity contribution < 1.29 is 4.42 Å². The van der Waals surface area contributed by atoms with E-state index < -0.39 is 0 Å². The molecule has 0 saturated carbocycles. The largest absolute Gasteiger partial charge is 0.445 e. The quantitative estimate of drug-likeness (QED) is 0.594. The van der Waals surface area contributed by atoms with Crippen LogP contribution in [0.4, 0.5) is 0 Å². The lowest BCUT2D eigenvalue weighted by Crippen LogP contribution is -1.65.